The van der Waals surface area contributed by atoms with E-state index in [1.807, 2.05) is 25.3 Å². The summed E-state index contributed by atoms with van der Waals surface area (Å²) in [5, 5.41) is 0. The summed E-state index contributed by atoms with van der Waals surface area (Å²) in [6, 6.07) is 4.00. The maximum absolute atomic E-state index is 12.9. The summed E-state index contributed by atoms with van der Waals surface area (Å²) in [5.74, 6) is 1.68. The van der Waals surface area contributed by atoms with Gasteiger partial charge in [-0.3, -0.25) is 9.78 Å². The molecule has 0 spiro atoms. The Morgan fingerprint density at radius 1 is 1.12 bits per heavy atom. The highest BCUT2D eigenvalue weighted by Gasteiger charge is 2.32. The molecule has 26 heavy (non-hydrogen) atoms. The molecule has 5 heteroatoms. The van der Waals surface area contributed by atoms with E-state index < -0.39 is 0 Å². The van der Waals surface area contributed by atoms with E-state index in [0.29, 0.717) is 5.91 Å². The van der Waals surface area contributed by atoms with Gasteiger partial charge in [0.15, 0.2) is 0 Å². The highest BCUT2D eigenvalue weighted by Crippen LogP contribution is 2.34. The number of likely N-dealkylation sites (tertiary alicyclic amines) is 1. The van der Waals surface area contributed by atoms with Crippen LogP contribution in [0.3, 0.4) is 0 Å². The smallest absolute Gasteiger partial charge is 0.225 e. The molecule has 1 aliphatic heterocycles. The predicted octanol–water partition coefficient (Wildman–Crippen LogP) is 3.74. The van der Waals surface area contributed by atoms with E-state index in [0.717, 1.165) is 61.4 Å². The SMILES string of the molecule is Cc1ncc(-c2ccncc2)c([C@@H]2CCCN(C(=O)C3CCCC3)C2)n1. The first kappa shape index (κ1) is 17.1. The van der Waals surface area contributed by atoms with Crippen molar-refractivity contribution in [2.75, 3.05) is 13.1 Å². The van der Waals surface area contributed by atoms with E-state index in [4.69, 9.17) is 4.98 Å². The van der Waals surface area contributed by atoms with Gasteiger partial charge in [0.1, 0.15) is 5.82 Å². The van der Waals surface area contributed by atoms with E-state index in [1.54, 1.807) is 12.4 Å². The minimum absolute atomic E-state index is 0.251. The van der Waals surface area contributed by atoms with Crippen LogP contribution in [0.15, 0.2) is 30.7 Å². The van der Waals surface area contributed by atoms with E-state index in [-0.39, 0.29) is 11.8 Å². The van der Waals surface area contributed by atoms with Crippen molar-refractivity contribution in [3.63, 3.8) is 0 Å². The van der Waals surface area contributed by atoms with Crippen molar-refractivity contribution in [3.05, 3.63) is 42.2 Å². The lowest BCUT2D eigenvalue weighted by Crippen LogP contribution is -2.42. The monoisotopic (exact) mass is 350 g/mol. The van der Waals surface area contributed by atoms with E-state index in [1.165, 1.54) is 12.8 Å². The van der Waals surface area contributed by atoms with Crippen LogP contribution in [0.2, 0.25) is 0 Å². The Balaban J connectivity index is 1.60. The maximum Gasteiger partial charge on any atom is 0.225 e. The second kappa shape index (κ2) is 7.52. The average molecular weight is 350 g/mol. The number of hydrogen-bond donors (Lipinski definition) is 0. The molecule has 2 aromatic heterocycles. The highest BCUT2D eigenvalue weighted by atomic mass is 16.2. The quantitative estimate of drug-likeness (QED) is 0.846. The van der Waals surface area contributed by atoms with Gasteiger partial charge in [-0.05, 0) is 50.3 Å². The number of amides is 1. The van der Waals surface area contributed by atoms with Crippen molar-refractivity contribution >= 4 is 5.91 Å². The molecular formula is C21H26N4O. The molecule has 1 saturated carbocycles. The fourth-order valence-corrected chi connectivity index (χ4v) is 4.38. The van der Waals surface area contributed by atoms with Crippen molar-refractivity contribution in [1.82, 2.24) is 19.9 Å². The summed E-state index contributed by atoms with van der Waals surface area (Å²) in [6.45, 7) is 3.61. The van der Waals surface area contributed by atoms with Crippen LogP contribution in [0.4, 0.5) is 0 Å². The van der Waals surface area contributed by atoms with Gasteiger partial charge in [-0.25, -0.2) is 9.97 Å². The molecule has 2 aliphatic rings. The number of aryl methyl sites for hydroxylation is 1. The summed E-state index contributed by atoms with van der Waals surface area (Å²) >= 11 is 0. The zero-order valence-corrected chi connectivity index (χ0v) is 15.4. The van der Waals surface area contributed by atoms with Crippen LogP contribution < -0.4 is 0 Å². The molecule has 0 unspecified atom stereocenters. The first-order chi connectivity index (χ1) is 12.7. The summed E-state index contributed by atoms with van der Waals surface area (Å²) in [5.41, 5.74) is 3.24. The van der Waals surface area contributed by atoms with Gasteiger partial charge in [-0.15, -0.1) is 0 Å². The lowest BCUT2D eigenvalue weighted by Gasteiger charge is -2.34. The largest absolute Gasteiger partial charge is 0.342 e. The second-order valence-corrected chi connectivity index (χ2v) is 7.56. The summed E-state index contributed by atoms with van der Waals surface area (Å²) in [6.07, 6.45) is 12.2. The Hall–Kier alpha value is -2.30. The molecule has 0 bridgehead atoms. The highest BCUT2D eigenvalue weighted by molar-refractivity contribution is 5.79. The molecule has 5 nitrogen and oxygen atoms in total. The van der Waals surface area contributed by atoms with Crippen molar-refractivity contribution in [1.29, 1.82) is 0 Å². The number of pyridine rings is 1. The average Bonchev–Trinajstić information content (AvgIpc) is 3.23. The third kappa shape index (κ3) is 3.48. The molecular weight excluding hydrogens is 324 g/mol. The third-order valence-corrected chi connectivity index (χ3v) is 5.75. The molecule has 1 atom stereocenters. The van der Waals surface area contributed by atoms with Crippen LogP contribution in [-0.4, -0.2) is 38.8 Å². The van der Waals surface area contributed by atoms with Gasteiger partial charge < -0.3 is 4.90 Å². The normalized spacial score (nSPS) is 21.1. The topological polar surface area (TPSA) is 59.0 Å². The molecule has 3 heterocycles. The molecule has 4 rings (SSSR count). The summed E-state index contributed by atoms with van der Waals surface area (Å²) in [7, 11) is 0. The standard InChI is InChI=1S/C21H26N4O/c1-15-23-13-19(16-8-10-22-11-9-16)20(24-15)18-7-4-12-25(14-18)21(26)17-5-2-3-6-17/h8-11,13,17-18H,2-7,12,14H2,1H3/t18-/m1/s1. The first-order valence-corrected chi connectivity index (χ1v) is 9.75. The van der Waals surface area contributed by atoms with Gasteiger partial charge in [0.2, 0.25) is 5.91 Å². The van der Waals surface area contributed by atoms with Crippen molar-refractivity contribution in [2.45, 2.75) is 51.4 Å². The first-order valence-electron chi connectivity index (χ1n) is 9.75. The predicted molar refractivity (Wildman–Crippen MR) is 101 cm³/mol. The Morgan fingerprint density at radius 2 is 1.88 bits per heavy atom. The van der Waals surface area contributed by atoms with Crippen molar-refractivity contribution in [2.24, 2.45) is 5.92 Å². The van der Waals surface area contributed by atoms with Crippen molar-refractivity contribution < 1.29 is 4.79 Å². The maximum atomic E-state index is 12.9. The van der Waals surface area contributed by atoms with Crippen LogP contribution in [0.25, 0.3) is 11.1 Å². The van der Waals surface area contributed by atoms with Crippen molar-refractivity contribution in [3.8, 4) is 11.1 Å². The van der Waals surface area contributed by atoms with Crippen LogP contribution in [0, 0.1) is 12.8 Å². The van der Waals surface area contributed by atoms with Crippen LogP contribution in [0.1, 0.15) is 56.0 Å². The minimum Gasteiger partial charge on any atom is -0.342 e. The molecule has 0 N–H and O–H groups in total. The minimum atomic E-state index is 0.251. The molecule has 0 radical (unpaired) electrons. The summed E-state index contributed by atoms with van der Waals surface area (Å²) in [4.78, 5) is 28.3. The second-order valence-electron chi connectivity index (χ2n) is 7.56. The van der Waals surface area contributed by atoms with Gasteiger partial charge in [0.05, 0.1) is 5.69 Å². The molecule has 0 aromatic carbocycles. The van der Waals surface area contributed by atoms with Gasteiger partial charge in [0.25, 0.3) is 0 Å². The Kier molecular flexibility index (Phi) is 4.96. The number of carbonyl (C=O) groups is 1. The van der Waals surface area contributed by atoms with Gasteiger partial charge in [-0.2, -0.15) is 0 Å². The lowest BCUT2D eigenvalue weighted by molar-refractivity contribution is -0.136. The number of nitrogens with zero attached hydrogens (tertiary/aromatic N) is 4. The Labute approximate surface area is 154 Å². The van der Waals surface area contributed by atoms with Crippen LogP contribution >= 0.6 is 0 Å². The number of piperidine rings is 1. The number of carbonyl (C=O) groups excluding carboxylic acids is 1. The van der Waals surface area contributed by atoms with E-state index in [9.17, 15) is 4.79 Å². The number of hydrogen-bond acceptors (Lipinski definition) is 4. The number of rotatable bonds is 3. The summed E-state index contributed by atoms with van der Waals surface area (Å²) < 4.78 is 0. The van der Waals surface area contributed by atoms with E-state index >= 15 is 0 Å². The van der Waals surface area contributed by atoms with Crippen LogP contribution in [-0.2, 0) is 4.79 Å². The zero-order chi connectivity index (χ0) is 17.9. The lowest BCUT2D eigenvalue weighted by atomic mass is 9.89. The van der Waals surface area contributed by atoms with Gasteiger partial charge in [-0.1, -0.05) is 12.8 Å². The van der Waals surface area contributed by atoms with Crippen LogP contribution in [0.5, 0.6) is 0 Å². The molecule has 2 aromatic rings. The molecule has 2 fully saturated rings. The molecule has 1 amide bonds. The number of aromatic nitrogens is 3. The molecule has 1 aliphatic carbocycles. The van der Waals surface area contributed by atoms with Gasteiger partial charge >= 0.3 is 0 Å². The fraction of sp³-hybridized carbons (Fsp3) is 0.524. The third-order valence-electron chi connectivity index (χ3n) is 5.75. The molecule has 1 saturated heterocycles. The Bertz CT molecular complexity index is 771. The van der Waals surface area contributed by atoms with Gasteiger partial charge in [0, 0.05) is 49.1 Å². The van der Waals surface area contributed by atoms with E-state index in [2.05, 4.69) is 14.9 Å². The Morgan fingerprint density at radius 3 is 2.65 bits per heavy atom. The zero-order valence-electron chi connectivity index (χ0n) is 15.4. The molecule has 136 valence electrons. The fourth-order valence-electron chi connectivity index (χ4n) is 4.38.